The molecule has 31 heavy (non-hydrogen) atoms. The lowest BCUT2D eigenvalue weighted by molar-refractivity contribution is -0.154. The first kappa shape index (κ1) is 21.0. The van der Waals surface area contributed by atoms with Crippen LogP contribution in [0.4, 0.5) is 18.9 Å². The van der Waals surface area contributed by atoms with Gasteiger partial charge in [-0.3, -0.25) is 9.36 Å². The van der Waals surface area contributed by atoms with Gasteiger partial charge in [-0.15, -0.1) is 0 Å². The van der Waals surface area contributed by atoms with E-state index in [9.17, 15) is 33.3 Å². The number of nitrogens with zero attached hydrogens (tertiary/aromatic N) is 2. The van der Waals surface area contributed by atoms with E-state index < -0.39 is 58.4 Å². The maximum Gasteiger partial charge on any atom is 0.407 e. The normalized spacial score (nSPS) is 29.0. The molecule has 8 nitrogen and oxygen atoms in total. The van der Waals surface area contributed by atoms with Gasteiger partial charge in [0.25, 0.3) is 0 Å². The Morgan fingerprint density at radius 1 is 1.23 bits per heavy atom. The van der Waals surface area contributed by atoms with Crippen LogP contribution < -0.4 is 0 Å². The van der Waals surface area contributed by atoms with Crippen molar-refractivity contribution in [2.75, 3.05) is 7.11 Å². The maximum absolute atomic E-state index is 13.4. The van der Waals surface area contributed by atoms with Crippen molar-refractivity contribution in [2.45, 2.75) is 37.3 Å². The lowest BCUT2D eigenvalue weighted by atomic mass is 9.70. The molecule has 4 rings (SSSR count). The van der Waals surface area contributed by atoms with Crippen molar-refractivity contribution in [1.82, 2.24) is 4.57 Å². The molecule has 1 fully saturated rings. The fourth-order valence-corrected chi connectivity index (χ4v) is 4.79. The summed E-state index contributed by atoms with van der Waals surface area (Å²) in [4.78, 5) is 15.2. The summed E-state index contributed by atoms with van der Waals surface area (Å²) < 4.78 is 51.6. The highest BCUT2D eigenvalue weighted by atomic mass is 19.4. The number of ether oxygens (including phenoxy) is 2. The average Bonchev–Trinajstić information content (AvgIpc) is 3.19. The highest BCUT2D eigenvalue weighted by Gasteiger charge is 2.71. The fourth-order valence-electron chi connectivity index (χ4n) is 4.79. The van der Waals surface area contributed by atoms with E-state index in [0.29, 0.717) is 6.07 Å². The largest absolute Gasteiger partial charge is 0.494 e. The highest BCUT2D eigenvalue weighted by molar-refractivity contribution is 5.79. The number of carbonyl (C=O) groups is 1. The van der Waals surface area contributed by atoms with E-state index in [2.05, 4.69) is 4.85 Å². The van der Waals surface area contributed by atoms with Crippen molar-refractivity contribution in [2.24, 2.45) is 5.92 Å². The summed E-state index contributed by atoms with van der Waals surface area (Å²) in [7, 11) is 1.12. The van der Waals surface area contributed by atoms with Gasteiger partial charge in [0.15, 0.2) is 5.69 Å². The van der Waals surface area contributed by atoms with E-state index in [1.807, 2.05) is 0 Å². The van der Waals surface area contributed by atoms with Crippen LogP contribution in [0, 0.1) is 12.5 Å². The monoisotopic (exact) mass is 438 g/mol. The fraction of sp³-hybridized carbons (Fsp3) is 0.400. The smallest absolute Gasteiger partial charge is 0.407 e. The minimum atomic E-state index is -4.84. The van der Waals surface area contributed by atoms with E-state index in [-0.39, 0.29) is 16.8 Å². The van der Waals surface area contributed by atoms with Crippen molar-refractivity contribution in [1.29, 1.82) is 0 Å². The zero-order valence-electron chi connectivity index (χ0n) is 16.5. The van der Waals surface area contributed by atoms with Crippen LogP contribution in [0.15, 0.2) is 18.2 Å². The van der Waals surface area contributed by atoms with Gasteiger partial charge in [0.2, 0.25) is 11.8 Å². The zero-order chi connectivity index (χ0) is 23.1. The molecule has 0 radical (unpaired) electrons. The number of aliphatic hydroxyl groups excluding tert-OH is 1. The first-order chi connectivity index (χ1) is 14.3. The van der Waals surface area contributed by atoms with Crippen molar-refractivity contribution in [3.05, 3.63) is 46.3 Å². The molecule has 4 atom stereocenters. The van der Waals surface area contributed by atoms with Crippen LogP contribution in [-0.4, -0.2) is 39.1 Å². The standard InChI is InChI=1S/C20H17F3N2O6/c1-18-11-12(19(2,31-18)14(26)13(18)17(29)30-4)16(28)25(15(11)27)8-5-6-10(24-3)9(7-8)20(21,22)23/h5-7,13-14,26-28H,1-2,4H3/t13-,14+,18?,19?/m1/s1. The van der Waals surface area contributed by atoms with Crippen LogP contribution in [0.1, 0.15) is 30.5 Å². The number of methoxy groups -OCH3 is 1. The van der Waals surface area contributed by atoms with Crippen LogP contribution in [0.2, 0.25) is 0 Å². The number of aromatic hydroxyl groups is 2. The van der Waals surface area contributed by atoms with Crippen molar-refractivity contribution < 1.29 is 42.8 Å². The average molecular weight is 438 g/mol. The number of alkyl halides is 3. The van der Waals surface area contributed by atoms with Gasteiger partial charge in [0.05, 0.1) is 36.1 Å². The summed E-state index contributed by atoms with van der Waals surface area (Å²) in [6.45, 7) is 9.77. The number of hydrogen-bond donors (Lipinski definition) is 3. The lowest BCUT2D eigenvalue weighted by Crippen LogP contribution is -2.45. The summed E-state index contributed by atoms with van der Waals surface area (Å²) in [5.74, 6) is -3.35. The van der Waals surface area contributed by atoms with Gasteiger partial charge in [-0.05, 0) is 26.0 Å². The zero-order valence-corrected chi connectivity index (χ0v) is 16.5. The van der Waals surface area contributed by atoms with Crippen molar-refractivity contribution >= 4 is 11.7 Å². The molecular formula is C20H17F3N2O6. The summed E-state index contributed by atoms with van der Waals surface area (Å²) in [6.07, 6.45) is -6.29. The summed E-state index contributed by atoms with van der Waals surface area (Å²) in [5, 5.41) is 32.5. The Bertz CT molecular complexity index is 1170. The molecule has 1 saturated heterocycles. The molecule has 1 aromatic heterocycles. The number of aliphatic hydroxyl groups is 1. The van der Waals surface area contributed by atoms with Gasteiger partial charge in [-0.2, -0.15) is 13.2 Å². The topological polar surface area (TPSA) is 106 Å². The van der Waals surface area contributed by atoms with Gasteiger partial charge >= 0.3 is 12.1 Å². The second-order valence-electron chi connectivity index (χ2n) is 7.81. The molecule has 3 N–H and O–H groups in total. The Morgan fingerprint density at radius 3 is 2.32 bits per heavy atom. The van der Waals surface area contributed by atoms with Crippen LogP contribution in [-0.2, 0) is 31.6 Å². The van der Waals surface area contributed by atoms with E-state index in [1.165, 1.54) is 13.8 Å². The molecule has 0 spiro atoms. The Labute approximate surface area is 173 Å². The molecule has 164 valence electrons. The Morgan fingerprint density at radius 2 is 1.81 bits per heavy atom. The van der Waals surface area contributed by atoms with Crippen molar-refractivity contribution in [3.63, 3.8) is 0 Å². The molecule has 3 heterocycles. The minimum Gasteiger partial charge on any atom is -0.494 e. The molecule has 0 aliphatic carbocycles. The van der Waals surface area contributed by atoms with Crippen LogP contribution in [0.5, 0.6) is 11.8 Å². The van der Waals surface area contributed by atoms with Gasteiger partial charge in [-0.25, -0.2) is 4.85 Å². The first-order valence-corrected chi connectivity index (χ1v) is 9.05. The molecule has 2 aliphatic heterocycles. The molecule has 0 saturated carbocycles. The third-order valence-corrected chi connectivity index (χ3v) is 6.13. The van der Waals surface area contributed by atoms with E-state index >= 15 is 0 Å². The quantitative estimate of drug-likeness (QED) is 0.492. The van der Waals surface area contributed by atoms with Gasteiger partial charge in [0.1, 0.15) is 23.2 Å². The van der Waals surface area contributed by atoms with E-state index in [0.717, 1.165) is 23.8 Å². The first-order valence-electron chi connectivity index (χ1n) is 9.05. The van der Waals surface area contributed by atoms with Crippen LogP contribution in [0.3, 0.4) is 0 Å². The number of carbonyl (C=O) groups excluding carboxylic acids is 1. The minimum absolute atomic E-state index is 0.0315. The van der Waals surface area contributed by atoms with Gasteiger partial charge < -0.3 is 24.8 Å². The molecule has 1 aromatic carbocycles. The summed E-state index contributed by atoms with van der Waals surface area (Å²) >= 11 is 0. The second-order valence-corrected chi connectivity index (χ2v) is 7.81. The second kappa shape index (κ2) is 6.15. The number of benzene rings is 1. The number of aromatic nitrogens is 1. The number of halogens is 3. The molecular weight excluding hydrogens is 421 g/mol. The SMILES string of the molecule is [C-]#[N+]c1ccc(-n2c(O)c3c(c2O)C2(C)OC3(C)[C@@H](O)[C@@H]2C(=O)OC)cc1C(F)(F)F. The molecule has 2 unspecified atom stereocenters. The van der Waals surface area contributed by atoms with Crippen LogP contribution in [0.25, 0.3) is 10.5 Å². The summed E-state index contributed by atoms with van der Waals surface area (Å²) in [5.41, 5.74) is -5.44. The van der Waals surface area contributed by atoms with Gasteiger partial charge in [-0.1, -0.05) is 6.07 Å². The van der Waals surface area contributed by atoms with Gasteiger partial charge in [0, 0.05) is 0 Å². The number of hydrogen-bond acceptors (Lipinski definition) is 6. The molecule has 11 heteroatoms. The van der Waals surface area contributed by atoms with Crippen molar-refractivity contribution in [3.8, 4) is 17.4 Å². The summed E-state index contributed by atoms with van der Waals surface area (Å²) in [6, 6.07) is 2.69. The third-order valence-electron chi connectivity index (χ3n) is 6.13. The van der Waals surface area contributed by atoms with Crippen LogP contribution >= 0.6 is 0 Å². The molecule has 2 aliphatic rings. The predicted molar refractivity (Wildman–Crippen MR) is 97.7 cm³/mol. The lowest BCUT2D eigenvalue weighted by Gasteiger charge is -2.31. The highest BCUT2D eigenvalue weighted by Crippen LogP contribution is 2.66. The Hall–Kier alpha value is -3.23. The molecule has 2 aromatic rings. The molecule has 0 amide bonds. The Kier molecular flexibility index (Phi) is 4.17. The van der Waals surface area contributed by atoms with E-state index in [4.69, 9.17) is 16.0 Å². The number of fused-ring (bicyclic) bond motifs is 5. The number of rotatable bonds is 2. The molecule has 2 bridgehead atoms. The Balaban J connectivity index is 1.98. The third kappa shape index (κ3) is 2.46. The number of esters is 1. The predicted octanol–water partition coefficient (Wildman–Crippen LogP) is 3.08. The van der Waals surface area contributed by atoms with E-state index in [1.54, 1.807) is 0 Å². The maximum atomic E-state index is 13.4.